The molecule has 0 radical (unpaired) electrons. The fourth-order valence-corrected chi connectivity index (χ4v) is 2.56. The maximum atomic E-state index is 11.0. The van der Waals surface area contributed by atoms with Crippen molar-refractivity contribution in [2.45, 2.75) is 36.7 Å². The second kappa shape index (κ2) is 6.53. The number of thioether (sulfide) groups is 1. The first-order valence-corrected chi connectivity index (χ1v) is 6.27. The van der Waals surface area contributed by atoms with Crippen molar-refractivity contribution in [3.05, 3.63) is 0 Å². The van der Waals surface area contributed by atoms with Crippen LogP contribution in [0.4, 0.5) is 0 Å². The van der Waals surface area contributed by atoms with E-state index in [0.29, 0.717) is 0 Å². The van der Waals surface area contributed by atoms with Gasteiger partial charge < -0.3 is 31.1 Å². The number of carbonyl (C=O) groups excluding carboxylic acids is 1. The molecule has 0 aromatic heterocycles. The van der Waals surface area contributed by atoms with Gasteiger partial charge in [0.15, 0.2) is 0 Å². The Balaban J connectivity index is 2.78. The van der Waals surface area contributed by atoms with Crippen molar-refractivity contribution >= 4 is 17.7 Å². The number of aliphatic hydroxyl groups is 3. The molecule has 1 fully saturated rings. The van der Waals surface area contributed by atoms with E-state index in [9.17, 15) is 15.0 Å². The molecule has 8 heteroatoms. The largest absolute Gasteiger partial charge is 0.394 e. The van der Waals surface area contributed by atoms with Crippen molar-refractivity contribution in [2.75, 3.05) is 12.5 Å². The topological polar surface area (TPSA) is 125 Å². The molecular formula is C9H18N2O5S. The molecule has 0 spiro atoms. The Morgan fingerprint density at radius 2 is 2.12 bits per heavy atom. The van der Waals surface area contributed by atoms with Gasteiger partial charge >= 0.3 is 0 Å². The molecule has 5 unspecified atom stereocenters. The summed E-state index contributed by atoms with van der Waals surface area (Å²) in [5.74, 6) is -0.100. The average molecular weight is 266 g/mol. The number of rotatable bonds is 4. The molecule has 100 valence electrons. The smallest absolute Gasteiger partial charge is 0.217 e. The molecule has 0 aromatic carbocycles. The maximum Gasteiger partial charge on any atom is 0.217 e. The molecule has 5 atom stereocenters. The average Bonchev–Trinajstić information content (AvgIpc) is 2.28. The van der Waals surface area contributed by atoms with Crippen molar-refractivity contribution in [3.63, 3.8) is 0 Å². The zero-order chi connectivity index (χ0) is 13.0. The first-order valence-electron chi connectivity index (χ1n) is 5.22. The lowest BCUT2D eigenvalue weighted by Gasteiger charge is -2.42. The fourth-order valence-electron chi connectivity index (χ4n) is 1.71. The summed E-state index contributed by atoms with van der Waals surface area (Å²) < 4.78 is 5.38. The SMILES string of the molecule is CC(=O)NC1C(SCN)OC(CO)C(O)C1O. The molecule has 1 aliphatic rings. The minimum atomic E-state index is -1.24. The molecule has 0 aromatic rings. The molecule has 1 rings (SSSR count). The highest BCUT2D eigenvalue weighted by molar-refractivity contribution is 7.99. The number of nitrogens with two attached hydrogens (primary N) is 1. The summed E-state index contributed by atoms with van der Waals surface area (Å²) in [5, 5.41) is 31.1. The number of ether oxygens (including phenoxy) is 1. The summed E-state index contributed by atoms with van der Waals surface area (Å²) in [5.41, 5.74) is 4.79. The molecule has 1 amide bonds. The second-order valence-corrected chi connectivity index (χ2v) is 4.90. The van der Waals surface area contributed by atoms with Crippen LogP contribution in [-0.4, -0.2) is 63.5 Å². The van der Waals surface area contributed by atoms with Crippen LogP contribution in [0.2, 0.25) is 0 Å². The number of hydrogen-bond donors (Lipinski definition) is 5. The van der Waals surface area contributed by atoms with Gasteiger partial charge in [-0.3, -0.25) is 4.79 Å². The van der Waals surface area contributed by atoms with Gasteiger partial charge in [-0.25, -0.2) is 0 Å². The van der Waals surface area contributed by atoms with Crippen LogP contribution in [0.25, 0.3) is 0 Å². The lowest BCUT2D eigenvalue weighted by molar-refractivity contribution is -0.173. The Labute approximate surface area is 103 Å². The van der Waals surface area contributed by atoms with Crippen molar-refractivity contribution in [1.82, 2.24) is 5.32 Å². The summed E-state index contributed by atoms with van der Waals surface area (Å²) >= 11 is 1.19. The molecule has 1 heterocycles. The van der Waals surface area contributed by atoms with E-state index in [2.05, 4.69) is 5.32 Å². The van der Waals surface area contributed by atoms with Gasteiger partial charge in [0.25, 0.3) is 0 Å². The number of nitrogens with one attached hydrogen (secondary N) is 1. The monoisotopic (exact) mass is 266 g/mol. The van der Waals surface area contributed by atoms with Crippen LogP contribution in [0.15, 0.2) is 0 Å². The van der Waals surface area contributed by atoms with Gasteiger partial charge in [-0.05, 0) is 0 Å². The van der Waals surface area contributed by atoms with Gasteiger partial charge in [-0.2, -0.15) is 0 Å². The van der Waals surface area contributed by atoms with Crippen molar-refractivity contribution in [2.24, 2.45) is 5.73 Å². The molecule has 6 N–H and O–H groups in total. The zero-order valence-corrected chi connectivity index (χ0v) is 10.3. The van der Waals surface area contributed by atoms with Gasteiger partial charge in [0, 0.05) is 12.8 Å². The third kappa shape index (κ3) is 3.54. The highest BCUT2D eigenvalue weighted by Gasteiger charge is 2.44. The highest BCUT2D eigenvalue weighted by atomic mass is 32.2. The number of carbonyl (C=O) groups is 1. The van der Waals surface area contributed by atoms with E-state index < -0.39 is 36.4 Å². The fraction of sp³-hybridized carbons (Fsp3) is 0.889. The first-order chi connectivity index (χ1) is 8.01. The predicted octanol–water partition coefficient (Wildman–Crippen LogP) is -2.42. The second-order valence-electron chi connectivity index (χ2n) is 3.77. The van der Waals surface area contributed by atoms with Crippen LogP contribution in [0, 0.1) is 0 Å². The number of amides is 1. The molecule has 7 nitrogen and oxygen atoms in total. The quantitative estimate of drug-likeness (QED) is 0.359. The minimum absolute atomic E-state index is 0.238. The minimum Gasteiger partial charge on any atom is -0.394 e. The normalized spacial score (nSPS) is 37.8. The van der Waals surface area contributed by atoms with E-state index in [-0.39, 0.29) is 11.8 Å². The molecule has 1 aliphatic heterocycles. The maximum absolute atomic E-state index is 11.0. The van der Waals surface area contributed by atoms with Crippen LogP contribution < -0.4 is 11.1 Å². The van der Waals surface area contributed by atoms with Crippen molar-refractivity contribution in [3.8, 4) is 0 Å². The number of hydrogen-bond acceptors (Lipinski definition) is 7. The molecule has 0 aliphatic carbocycles. The van der Waals surface area contributed by atoms with Crippen molar-refractivity contribution < 1.29 is 24.9 Å². The molecule has 0 saturated carbocycles. The third-order valence-electron chi connectivity index (χ3n) is 2.51. The molecule has 1 saturated heterocycles. The summed E-state index contributed by atoms with van der Waals surface area (Å²) in [4.78, 5) is 11.0. The van der Waals surface area contributed by atoms with Crippen LogP contribution >= 0.6 is 11.8 Å². The van der Waals surface area contributed by atoms with E-state index >= 15 is 0 Å². The third-order valence-corrected chi connectivity index (χ3v) is 3.44. The standard InChI is InChI=1S/C9H18N2O5S/c1-4(13)11-6-8(15)7(14)5(2-12)16-9(6)17-3-10/h5-9,12,14-15H,2-3,10H2,1H3,(H,11,13). The summed E-state index contributed by atoms with van der Waals surface area (Å²) in [6.07, 6.45) is -3.32. The lowest BCUT2D eigenvalue weighted by Crippen LogP contribution is -2.63. The Bertz CT molecular complexity index is 268. The summed E-state index contributed by atoms with van der Waals surface area (Å²) in [6, 6.07) is -0.751. The Kier molecular flexibility index (Phi) is 5.63. The molecule has 0 bridgehead atoms. The van der Waals surface area contributed by atoms with E-state index in [1.165, 1.54) is 18.7 Å². The lowest BCUT2D eigenvalue weighted by atomic mass is 9.98. The van der Waals surface area contributed by atoms with Gasteiger partial charge in [0.2, 0.25) is 5.91 Å². The Morgan fingerprint density at radius 3 is 2.59 bits per heavy atom. The van der Waals surface area contributed by atoms with E-state index in [0.717, 1.165) is 0 Å². The van der Waals surface area contributed by atoms with Gasteiger partial charge in [0.05, 0.1) is 12.6 Å². The Morgan fingerprint density at radius 1 is 1.47 bits per heavy atom. The predicted molar refractivity (Wildman–Crippen MR) is 62.0 cm³/mol. The van der Waals surface area contributed by atoms with Crippen molar-refractivity contribution in [1.29, 1.82) is 0 Å². The van der Waals surface area contributed by atoms with Crippen LogP contribution in [0.5, 0.6) is 0 Å². The van der Waals surface area contributed by atoms with Gasteiger partial charge in [-0.15, -0.1) is 11.8 Å². The van der Waals surface area contributed by atoms with Gasteiger partial charge in [-0.1, -0.05) is 0 Å². The number of aliphatic hydroxyl groups excluding tert-OH is 3. The summed E-state index contributed by atoms with van der Waals surface area (Å²) in [6.45, 7) is 0.897. The van der Waals surface area contributed by atoms with Crippen LogP contribution in [-0.2, 0) is 9.53 Å². The van der Waals surface area contributed by atoms with Crippen LogP contribution in [0.1, 0.15) is 6.92 Å². The van der Waals surface area contributed by atoms with E-state index in [1.807, 2.05) is 0 Å². The first kappa shape index (κ1) is 14.7. The highest BCUT2D eigenvalue weighted by Crippen LogP contribution is 2.27. The Hall–Kier alpha value is -0.380. The van der Waals surface area contributed by atoms with E-state index in [4.69, 9.17) is 15.6 Å². The van der Waals surface area contributed by atoms with Gasteiger partial charge in [0.1, 0.15) is 23.7 Å². The summed E-state index contributed by atoms with van der Waals surface area (Å²) in [7, 11) is 0. The zero-order valence-electron chi connectivity index (χ0n) is 9.44. The van der Waals surface area contributed by atoms with Crippen LogP contribution in [0.3, 0.4) is 0 Å². The van der Waals surface area contributed by atoms with E-state index in [1.54, 1.807) is 0 Å². The molecule has 17 heavy (non-hydrogen) atoms. The molecular weight excluding hydrogens is 248 g/mol.